The third-order valence-corrected chi connectivity index (χ3v) is 6.95. The van der Waals surface area contributed by atoms with Crippen molar-refractivity contribution in [3.05, 3.63) is 68.6 Å². The van der Waals surface area contributed by atoms with Gasteiger partial charge in [0.1, 0.15) is 0 Å². The van der Waals surface area contributed by atoms with Crippen LogP contribution in [0.5, 0.6) is 0 Å². The molecule has 3 aliphatic heterocycles. The number of likely N-dealkylation sites (tertiary alicyclic amines) is 1. The first-order valence-corrected chi connectivity index (χ1v) is 11.0. The molecule has 2 bridgehead atoms. The topological polar surface area (TPSA) is 34.5 Å². The largest absolute Gasteiger partial charge is 0.381 e. The van der Waals surface area contributed by atoms with Gasteiger partial charge in [0.25, 0.3) is 5.56 Å². The van der Waals surface area contributed by atoms with Crippen LogP contribution in [0.2, 0.25) is 5.02 Å². The van der Waals surface area contributed by atoms with Crippen LogP contribution in [0.25, 0.3) is 12.2 Å². The summed E-state index contributed by atoms with van der Waals surface area (Å²) in [7, 11) is 0. The third-order valence-electron chi connectivity index (χ3n) is 6.69. The van der Waals surface area contributed by atoms with Gasteiger partial charge in [-0.15, -0.1) is 0 Å². The lowest BCUT2D eigenvalue weighted by atomic mass is 9.82. The van der Waals surface area contributed by atoms with Crippen molar-refractivity contribution in [3.8, 4) is 0 Å². The first-order valence-electron chi connectivity index (χ1n) is 10.7. The summed E-state index contributed by atoms with van der Waals surface area (Å²) in [6, 6.07) is 12.5. The molecule has 3 aliphatic rings. The van der Waals surface area contributed by atoms with Crippen molar-refractivity contribution in [2.75, 3.05) is 26.3 Å². The zero-order valence-electron chi connectivity index (χ0n) is 16.6. The minimum atomic E-state index is 0.141. The average molecular weight is 411 g/mol. The van der Waals surface area contributed by atoms with E-state index >= 15 is 0 Å². The summed E-state index contributed by atoms with van der Waals surface area (Å²) < 4.78 is 7.59. The zero-order chi connectivity index (χ0) is 19.8. The molecule has 0 spiro atoms. The molecule has 0 aliphatic carbocycles. The molecule has 0 radical (unpaired) electrons. The van der Waals surface area contributed by atoms with E-state index in [9.17, 15) is 4.79 Å². The van der Waals surface area contributed by atoms with E-state index in [0.717, 1.165) is 61.8 Å². The van der Waals surface area contributed by atoms with Crippen LogP contribution in [0.1, 0.15) is 42.0 Å². The summed E-state index contributed by atoms with van der Waals surface area (Å²) in [5, 5.41) is 0.720. The van der Waals surface area contributed by atoms with Crippen molar-refractivity contribution >= 4 is 23.8 Å². The number of rotatable bonds is 3. The van der Waals surface area contributed by atoms with Crippen LogP contribution in [0.3, 0.4) is 0 Å². The van der Waals surface area contributed by atoms with E-state index in [1.54, 1.807) is 0 Å². The second-order valence-corrected chi connectivity index (χ2v) is 9.05. The van der Waals surface area contributed by atoms with Gasteiger partial charge in [-0.05, 0) is 61.1 Å². The van der Waals surface area contributed by atoms with Gasteiger partial charge in [-0.3, -0.25) is 9.69 Å². The highest BCUT2D eigenvalue weighted by Crippen LogP contribution is 2.37. The van der Waals surface area contributed by atoms with Gasteiger partial charge in [0, 0.05) is 61.1 Å². The molecule has 1 aromatic heterocycles. The van der Waals surface area contributed by atoms with Crippen molar-refractivity contribution in [1.82, 2.24) is 9.47 Å². The van der Waals surface area contributed by atoms with Crippen LogP contribution >= 0.6 is 11.6 Å². The maximum atomic E-state index is 13.2. The van der Waals surface area contributed by atoms with Crippen molar-refractivity contribution in [2.24, 2.45) is 5.92 Å². The lowest BCUT2D eigenvalue weighted by molar-refractivity contribution is 0.00586. The van der Waals surface area contributed by atoms with E-state index in [1.165, 1.54) is 12.1 Å². The first-order chi connectivity index (χ1) is 14.2. The van der Waals surface area contributed by atoms with Gasteiger partial charge in [0.15, 0.2) is 0 Å². The average Bonchev–Trinajstić information content (AvgIpc) is 2.75. The molecule has 5 heteroatoms. The quantitative estimate of drug-likeness (QED) is 0.757. The van der Waals surface area contributed by atoms with Gasteiger partial charge in [-0.1, -0.05) is 29.8 Å². The van der Waals surface area contributed by atoms with Crippen LogP contribution < -0.4 is 5.56 Å². The molecule has 0 amide bonds. The monoisotopic (exact) mass is 410 g/mol. The van der Waals surface area contributed by atoms with Gasteiger partial charge in [0.05, 0.1) is 0 Å². The predicted octanol–water partition coefficient (Wildman–Crippen LogP) is 4.27. The lowest BCUT2D eigenvalue weighted by Gasteiger charge is -2.46. The Kier molecular flexibility index (Phi) is 5.33. The Balaban J connectivity index is 1.38. The van der Waals surface area contributed by atoms with Crippen LogP contribution in [-0.2, 0) is 11.3 Å². The van der Waals surface area contributed by atoms with E-state index in [4.69, 9.17) is 16.3 Å². The summed E-state index contributed by atoms with van der Waals surface area (Å²) in [6.07, 6.45) is 7.40. The number of piperidine rings is 1. The Morgan fingerprint density at radius 1 is 0.966 bits per heavy atom. The Morgan fingerprint density at radius 3 is 2.55 bits per heavy atom. The Bertz CT molecular complexity index is 960. The number of hydrogen-bond donors (Lipinski definition) is 0. The Labute approximate surface area is 176 Å². The van der Waals surface area contributed by atoms with E-state index in [0.29, 0.717) is 17.9 Å². The molecule has 2 saturated heterocycles. The summed E-state index contributed by atoms with van der Waals surface area (Å²) in [6.45, 7) is 4.79. The fraction of sp³-hybridized carbons (Fsp3) is 0.458. The molecule has 29 heavy (non-hydrogen) atoms. The number of aromatic nitrogens is 1. The molecule has 2 unspecified atom stereocenters. The molecule has 4 nitrogen and oxygen atoms in total. The van der Waals surface area contributed by atoms with E-state index < -0.39 is 0 Å². The molecule has 5 rings (SSSR count). The number of pyridine rings is 1. The summed E-state index contributed by atoms with van der Waals surface area (Å²) in [5.74, 6) is 1.03. The molecule has 2 fully saturated rings. The van der Waals surface area contributed by atoms with Crippen LogP contribution in [0.4, 0.5) is 0 Å². The molecule has 2 aromatic rings. The Hall–Kier alpha value is -1.88. The van der Waals surface area contributed by atoms with Crippen molar-refractivity contribution in [3.63, 3.8) is 0 Å². The minimum absolute atomic E-state index is 0.141. The van der Waals surface area contributed by atoms with E-state index in [-0.39, 0.29) is 5.56 Å². The lowest BCUT2D eigenvalue weighted by Crippen LogP contribution is -2.51. The maximum absolute atomic E-state index is 13.2. The van der Waals surface area contributed by atoms with Gasteiger partial charge >= 0.3 is 0 Å². The third kappa shape index (κ3) is 3.94. The fourth-order valence-corrected chi connectivity index (χ4v) is 5.36. The molecular weight excluding hydrogens is 384 g/mol. The number of benzene rings is 1. The smallest absolute Gasteiger partial charge is 0.258 e. The SMILES string of the molecule is O=c1c(C=Cc2ccc(Cl)cc2)ccc2n1CC1CC2CN(C2CCOCC2)C1. The normalized spacial score (nSPS) is 25.3. The van der Waals surface area contributed by atoms with Gasteiger partial charge < -0.3 is 9.30 Å². The second kappa shape index (κ2) is 8.10. The highest BCUT2D eigenvalue weighted by Gasteiger charge is 2.37. The molecule has 0 N–H and O–H groups in total. The van der Waals surface area contributed by atoms with E-state index in [1.807, 2.05) is 47.1 Å². The van der Waals surface area contributed by atoms with Crippen molar-refractivity contribution < 1.29 is 4.74 Å². The number of halogens is 1. The number of fused-ring (bicyclic) bond motifs is 4. The standard InChI is InChI=1S/C24H27ClN2O2/c25-21-6-2-17(3-7-21)1-4-19-5-8-23-20-13-18(15-27(23)24(19)28)14-26(16-20)22-9-11-29-12-10-22/h1-8,18,20,22H,9-16H2. The molecular formula is C24H27ClN2O2. The predicted molar refractivity (Wildman–Crippen MR) is 117 cm³/mol. The minimum Gasteiger partial charge on any atom is -0.381 e. The molecule has 2 atom stereocenters. The molecule has 0 saturated carbocycles. The number of nitrogens with zero attached hydrogens (tertiary/aromatic N) is 2. The molecule has 152 valence electrons. The molecule has 1 aromatic carbocycles. The van der Waals surface area contributed by atoms with E-state index in [2.05, 4.69) is 11.0 Å². The summed E-state index contributed by atoms with van der Waals surface area (Å²) in [4.78, 5) is 15.8. The maximum Gasteiger partial charge on any atom is 0.258 e. The van der Waals surface area contributed by atoms with Crippen molar-refractivity contribution in [2.45, 2.75) is 37.8 Å². The zero-order valence-corrected chi connectivity index (χ0v) is 17.4. The highest BCUT2D eigenvalue weighted by atomic mass is 35.5. The summed E-state index contributed by atoms with van der Waals surface area (Å²) >= 11 is 5.95. The fourth-order valence-electron chi connectivity index (χ4n) is 5.23. The number of hydrogen-bond acceptors (Lipinski definition) is 3. The van der Waals surface area contributed by atoms with Gasteiger partial charge in [-0.2, -0.15) is 0 Å². The van der Waals surface area contributed by atoms with Crippen LogP contribution in [0, 0.1) is 5.92 Å². The molecule has 4 heterocycles. The number of ether oxygens (including phenoxy) is 1. The van der Waals surface area contributed by atoms with Crippen LogP contribution in [0.15, 0.2) is 41.2 Å². The van der Waals surface area contributed by atoms with Gasteiger partial charge in [0.2, 0.25) is 0 Å². The Morgan fingerprint density at radius 2 is 1.76 bits per heavy atom. The van der Waals surface area contributed by atoms with Crippen molar-refractivity contribution in [1.29, 1.82) is 0 Å². The van der Waals surface area contributed by atoms with Crippen LogP contribution in [-0.4, -0.2) is 41.8 Å². The summed E-state index contributed by atoms with van der Waals surface area (Å²) in [5.41, 5.74) is 3.15. The highest BCUT2D eigenvalue weighted by molar-refractivity contribution is 6.30. The first kappa shape index (κ1) is 19.1. The second-order valence-electron chi connectivity index (χ2n) is 8.61. The van der Waals surface area contributed by atoms with Gasteiger partial charge in [-0.25, -0.2) is 0 Å².